The molecule has 0 bridgehead atoms. The summed E-state index contributed by atoms with van der Waals surface area (Å²) in [6.45, 7) is 17.4. The van der Waals surface area contributed by atoms with Crippen LogP contribution in [0.5, 0.6) is 0 Å². The molecule has 3 rings (SSSR count). The Kier molecular flexibility index (Phi) is 26.4. The molecule has 0 radical (unpaired) electrons. The summed E-state index contributed by atoms with van der Waals surface area (Å²) >= 11 is 0. The quantitative estimate of drug-likeness (QED) is 0.0704. The van der Waals surface area contributed by atoms with Crippen LogP contribution in [-0.4, -0.2) is 31.1 Å². The molecule has 1 aliphatic heterocycles. The van der Waals surface area contributed by atoms with Crippen molar-refractivity contribution in [3.63, 3.8) is 0 Å². The van der Waals surface area contributed by atoms with Gasteiger partial charge in [-0.3, -0.25) is 4.79 Å². The fraction of sp³-hybridized carbons (Fsp3) is 0.581. The largest absolute Gasteiger partial charge is 0.344 e. The number of hydrogen-bond donors (Lipinski definition) is 0. The Morgan fingerprint density at radius 1 is 0.833 bits per heavy atom. The molecule has 5 heteroatoms. The highest BCUT2D eigenvalue weighted by Crippen LogP contribution is 2.43. The second-order valence-corrected chi connectivity index (χ2v) is 12.5. The number of aldehydes is 1. The van der Waals surface area contributed by atoms with E-state index < -0.39 is 5.79 Å². The topological polar surface area (TPSA) is 52.6 Å². The van der Waals surface area contributed by atoms with Crippen molar-refractivity contribution in [2.24, 2.45) is 0 Å². The minimum Gasteiger partial charge on any atom is -0.344 e. The van der Waals surface area contributed by atoms with Gasteiger partial charge in [0.1, 0.15) is 6.29 Å². The van der Waals surface area contributed by atoms with E-state index in [4.69, 9.17) is 9.47 Å². The van der Waals surface area contributed by atoms with E-state index in [1.807, 2.05) is 19.9 Å². The van der Waals surface area contributed by atoms with Crippen LogP contribution in [0.1, 0.15) is 147 Å². The van der Waals surface area contributed by atoms with Gasteiger partial charge in [0.2, 0.25) is 0 Å². The number of hydrogen-bond acceptors (Lipinski definition) is 4. The zero-order valence-electron chi connectivity index (χ0n) is 31.0. The molecule has 3 aliphatic rings. The molecule has 270 valence electrons. The molecule has 48 heavy (non-hydrogen) atoms. The Morgan fingerprint density at radius 3 is 1.94 bits per heavy atom. The molecular formula is C43H68O4S. The molecule has 0 unspecified atom stereocenters. The summed E-state index contributed by atoms with van der Waals surface area (Å²) in [5, 5.41) is 0. The summed E-state index contributed by atoms with van der Waals surface area (Å²) in [6, 6.07) is 0. The average molecular weight is 683 g/mol. The van der Waals surface area contributed by atoms with Crippen LogP contribution >= 0.6 is 13.5 Å². The minimum atomic E-state index is -0.451. The third-order valence-corrected chi connectivity index (χ3v) is 8.70. The summed E-state index contributed by atoms with van der Waals surface area (Å²) < 4.78 is 11.4. The van der Waals surface area contributed by atoms with E-state index in [-0.39, 0.29) is 16.3 Å². The second kappa shape index (κ2) is 28.1. The van der Waals surface area contributed by atoms with Crippen molar-refractivity contribution in [2.75, 3.05) is 13.2 Å². The lowest BCUT2D eigenvalue weighted by Gasteiger charge is -2.25. The van der Waals surface area contributed by atoms with Gasteiger partial charge in [0.25, 0.3) is 0 Å². The molecular weight excluding hydrogens is 613 g/mol. The summed E-state index contributed by atoms with van der Waals surface area (Å²) in [5.74, 6) is 11.9. The molecule has 1 spiro atoms. The van der Waals surface area contributed by atoms with Crippen molar-refractivity contribution in [3.05, 3.63) is 70.4 Å². The Labute approximate surface area is 304 Å². The van der Waals surface area contributed by atoms with Crippen LogP contribution in [0.3, 0.4) is 0 Å². The van der Waals surface area contributed by atoms with Gasteiger partial charge in [-0.2, -0.15) is 13.5 Å². The van der Waals surface area contributed by atoms with Gasteiger partial charge in [-0.1, -0.05) is 52.7 Å². The maximum Gasteiger partial charge on any atom is 0.191 e. The number of ether oxygens (including phenoxy) is 2. The summed E-state index contributed by atoms with van der Waals surface area (Å²) in [4.78, 5) is 22.0. The molecule has 0 aromatic heterocycles. The number of rotatable bonds is 16. The molecule has 1 fully saturated rings. The van der Waals surface area contributed by atoms with Crippen molar-refractivity contribution >= 4 is 25.6 Å². The molecule has 2 aliphatic carbocycles. The van der Waals surface area contributed by atoms with Crippen LogP contribution in [0, 0.1) is 23.7 Å². The first-order valence-corrected chi connectivity index (χ1v) is 17.7. The molecule has 0 atom stereocenters. The predicted octanol–water partition coefficient (Wildman–Crippen LogP) is 11.7. The van der Waals surface area contributed by atoms with E-state index in [2.05, 4.69) is 82.3 Å². The van der Waals surface area contributed by atoms with Gasteiger partial charge < -0.3 is 14.3 Å². The van der Waals surface area contributed by atoms with Crippen molar-refractivity contribution in [3.8, 4) is 23.7 Å². The number of ketones is 1. The van der Waals surface area contributed by atoms with Gasteiger partial charge >= 0.3 is 0 Å². The first-order valence-electron chi connectivity index (χ1n) is 17.7. The smallest absolute Gasteiger partial charge is 0.191 e. The third kappa shape index (κ3) is 18.6. The lowest BCUT2D eigenvalue weighted by molar-refractivity contribution is -0.126. The predicted molar refractivity (Wildman–Crippen MR) is 213 cm³/mol. The fourth-order valence-electron chi connectivity index (χ4n) is 5.89. The van der Waals surface area contributed by atoms with Gasteiger partial charge in [-0.05, 0) is 123 Å². The molecule has 0 aromatic carbocycles. The molecule has 0 amide bonds. The number of allylic oxidation sites excluding steroid dienone is 10. The number of Topliss-reactive ketones (excluding diaryl/α,β-unsaturated/α-hetero) is 1. The molecule has 0 N–H and O–H groups in total. The standard InChI is InChI=1S/C20H28O.C12H18.C11H16O3.H2S.2H2/c1-4-5-6-9-12-17(2)13-10-7-8-11-14-19-18(3)15-16-20(19)21;1-4-6-8-9-11-12(3)10-7-5-2;1-9-4-5-11(13-7-8-14-11)10(9)3-2-6-12;;;/h7-8,12H,6,9-11,13-16H2,1-3H3;5,11H,2,7-10H2,1,3H3;6H,2-5,7-8H2,1H3;1H2;2*1H/b8-7+,17-12+;12-11+;;;;/i;;;;1+2;. The van der Waals surface area contributed by atoms with Gasteiger partial charge in [0.15, 0.2) is 11.6 Å². The van der Waals surface area contributed by atoms with E-state index in [0.29, 0.717) is 25.4 Å². The van der Waals surface area contributed by atoms with Gasteiger partial charge in [-0.25, -0.2) is 0 Å². The fourth-order valence-corrected chi connectivity index (χ4v) is 5.89. The maximum atomic E-state index is 11.6. The van der Waals surface area contributed by atoms with Crippen LogP contribution in [0.4, 0.5) is 0 Å². The van der Waals surface area contributed by atoms with Crippen molar-refractivity contribution in [1.29, 1.82) is 0 Å². The normalized spacial score (nSPS) is 16.8. The van der Waals surface area contributed by atoms with Crippen molar-refractivity contribution in [2.45, 2.75) is 150 Å². The van der Waals surface area contributed by atoms with E-state index in [1.165, 1.54) is 27.9 Å². The highest BCUT2D eigenvalue weighted by molar-refractivity contribution is 7.59. The first-order chi connectivity index (χ1) is 22.7. The average Bonchev–Trinajstić information content (AvgIpc) is 3.76. The van der Waals surface area contributed by atoms with Gasteiger partial charge in [0.05, 0.1) is 13.2 Å². The lowest BCUT2D eigenvalue weighted by Crippen LogP contribution is -2.29. The maximum absolute atomic E-state index is 11.6. The van der Waals surface area contributed by atoms with E-state index in [0.717, 1.165) is 108 Å². The number of carbonyl (C=O) groups is 2. The molecule has 1 heterocycles. The third-order valence-electron chi connectivity index (χ3n) is 8.70. The molecule has 1 saturated heterocycles. The van der Waals surface area contributed by atoms with Gasteiger partial charge in [-0.15, -0.1) is 30.3 Å². The highest BCUT2D eigenvalue weighted by Gasteiger charge is 2.44. The lowest BCUT2D eigenvalue weighted by atomic mass is 10.0. The monoisotopic (exact) mass is 682 g/mol. The Balaban J connectivity index is -0.000000672. The van der Waals surface area contributed by atoms with E-state index >= 15 is 0 Å². The van der Waals surface area contributed by atoms with Crippen LogP contribution in [0.2, 0.25) is 0 Å². The summed E-state index contributed by atoms with van der Waals surface area (Å²) in [6.07, 6.45) is 27.4. The number of unbranched alkanes of at least 4 members (excludes halogenated alkanes) is 2. The zero-order valence-corrected chi connectivity index (χ0v) is 32.0. The second-order valence-electron chi connectivity index (χ2n) is 12.5. The van der Waals surface area contributed by atoms with Crippen molar-refractivity contribution < 1.29 is 21.9 Å². The minimum absolute atomic E-state index is 0. The molecule has 0 aromatic rings. The Morgan fingerprint density at radius 2 is 1.42 bits per heavy atom. The Bertz CT molecular complexity index is 1270. The van der Waals surface area contributed by atoms with E-state index in [9.17, 15) is 9.59 Å². The van der Waals surface area contributed by atoms with Crippen LogP contribution in [0.25, 0.3) is 0 Å². The number of carbonyl (C=O) groups excluding carboxylic acids is 2. The molecule has 4 nitrogen and oxygen atoms in total. The first kappa shape index (κ1) is 45.2. The summed E-state index contributed by atoms with van der Waals surface area (Å²) in [7, 11) is 0. The van der Waals surface area contributed by atoms with Crippen LogP contribution in [-0.2, 0) is 19.1 Å². The Hall–Kier alpha value is -2.83. The van der Waals surface area contributed by atoms with Gasteiger partial charge in [0, 0.05) is 35.0 Å². The van der Waals surface area contributed by atoms with Crippen molar-refractivity contribution in [1.82, 2.24) is 0 Å². The van der Waals surface area contributed by atoms with E-state index in [1.54, 1.807) is 0 Å². The summed E-state index contributed by atoms with van der Waals surface area (Å²) in [5.41, 5.74) is 7.85. The zero-order chi connectivity index (χ0) is 34.8. The molecule has 0 saturated carbocycles. The SMILES string of the molecule is C=CCC/C(C)=C/CCC#CC.CC#CCC/C=C(\C)CC/C=C/CCC1=C(C)CCC1=O.CC1=C(CCC=O)C2(CC1)OCCO2.S.[3HH].[HH]. The van der Waals surface area contributed by atoms with Crippen LogP contribution in [0.15, 0.2) is 70.4 Å². The highest BCUT2D eigenvalue weighted by atomic mass is 32.1. The van der Waals surface area contributed by atoms with Crippen LogP contribution < -0.4 is 0 Å².